The Labute approximate surface area is 201 Å². The summed E-state index contributed by atoms with van der Waals surface area (Å²) in [6, 6.07) is 0.507. The molecule has 0 amide bonds. The monoisotopic (exact) mass is 398 g/mol. The summed E-state index contributed by atoms with van der Waals surface area (Å²) >= 11 is 0. The Morgan fingerprint density at radius 2 is 1.78 bits per heavy atom. The molecule has 0 radical (unpaired) electrons. The molecule has 8 nitrogen and oxygen atoms in total. The van der Waals surface area contributed by atoms with Gasteiger partial charge in [0, 0.05) is 23.7 Å². The average molecular weight is 398 g/mol. The SMILES string of the molecule is CC(=O)[O-].CC1(C)OB(c2cn(C3CC3)c3ncnc(N)c23)OC1(C)C.[K+]. The fourth-order valence-corrected chi connectivity index (χ4v) is 2.92. The third-order valence-electron chi connectivity index (χ3n) is 5.12. The first-order chi connectivity index (χ1) is 12.0. The molecule has 0 spiro atoms. The third kappa shape index (κ3) is 4.58. The Morgan fingerprint density at radius 3 is 2.26 bits per heavy atom. The molecule has 2 N–H and O–H groups in total. The molecule has 0 bridgehead atoms. The number of nitrogen functional groups attached to an aromatic ring is 1. The minimum Gasteiger partial charge on any atom is -0.550 e. The summed E-state index contributed by atoms with van der Waals surface area (Å²) in [7, 11) is -0.444. The van der Waals surface area contributed by atoms with Crippen molar-refractivity contribution in [3.63, 3.8) is 0 Å². The molecule has 1 aliphatic carbocycles. The molecule has 2 aliphatic rings. The summed E-state index contributed by atoms with van der Waals surface area (Å²) in [5.41, 5.74) is 7.16. The molecule has 2 aromatic heterocycles. The van der Waals surface area contributed by atoms with Gasteiger partial charge in [-0.15, -0.1) is 0 Å². The zero-order valence-electron chi connectivity index (χ0n) is 16.8. The summed E-state index contributed by atoms with van der Waals surface area (Å²) in [5, 5.41) is 9.74. The standard InChI is InChI=1S/C15H21BN4O2.C2H4O2.K/c1-14(2)15(3,4)22-16(21-14)10-7-20(9-5-6-9)13-11(10)12(17)18-8-19-13;1-2(3)4;/h7-9H,5-6H2,1-4H3,(H2,17,18,19);1H3,(H,3,4);/q;;+1/p-1. The van der Waals surface area contributed by atoms with Crippen LogP contribution in [0.2, 0.25) is 0 Å². The number of aromatic nitrogens is 3. The largest absolute Gasteiger partial charge is 1.00 e. The maximum Gasteiger partial charge on any atom is 1.00 e. The molecule has 2 aromatic rings. The van der Waals surface area contributed by atoms with Gasteiger partial charge in [-0.05, 0) is 47.5 Å². The van der Waals surface area contributed by atoms with Gasteiger partial charge in [0.2, 0.25) is 0 Å². The smallest absolute Gasteiger partial charge is 0.550 e. The van der Waals surface area contributed by atoms with E-state index in [1.54, 1.807) is 0 Å². The normalized spacial score (nSPS) is 20.0. The van der Waals surface area contributed by atoms with Crippen molar-refractivity contribution in [2.24, 2.45) is 0 Å². The summed E-state index contributed by atoms with van der Waals surface area (Å²) in [5.74, 6) is -0.603. The van der Waals surface area contributed by atoms with Gasteiger partial charge >= 0.3 is 58.5 Å². The second kappa shape index (κ2) is 8.10. The zero-order valence-corrected chi connectivity index (χ0v) is 19.9. The number of aliphatic carboxylic acids is 1. The Bertz CT molecular complexity index is 831. The van der Waals surface area contributed by atoms with Gasteiger partial charge in [0.05, 0.1) is 16.6 Å². The van der Waals surface area contributed by atoms with Crippen LogP contribution >= 0.6 is 0 Å². The van der Waals surface area contributed by atoms with Crippen LogP contribution in [0.3, 0.4) is 0 Å². The van der Waals surface area contributed by atoms with Crippen LogP contribution in [0.5, 0.6) is 0 Å². The number of rotatable bonds is 2. The number of carboxylic acids is 1. The van der Waals surface area contributed by atoms with Crippen LogP contribution in [0.25, 0.3) is 11.0 Å². The van der Waals surface area contributed by atoms with E-state index >= 15 is 0 Å². The summed E-state index contributed by atoms with van der Waals surface area (Å²) in [6.07, 6.45) is 5.95. The molecule has 0 atom stereocenters. The van der Waals surface area contributed by atoms with E-state index in [-0.39, 0.29) is 62.6 Å². The number of hydrogen-bond acceptors (Lipinski definition) is 7. The number of fused-ring (bicyclic) bond motifs is 1. The minimum atomic E-state index is -1.08. The Morgan fingerprint density at radius 1 is 1.26 bits per heavy atom. The van der Waals surface area contributed by atoms with E-state index in [0.717, 1.165) is 23.4 Å². The van der Waals surface area contributed by atoms with Crippen molar-refractivity contribution in [2.75, 3.05) is 5.73 Å². The van der Waals surface area contributed by atoms with Crippen LogP contribution in [0.4, 0.5) is 5.82 Å². The van der Waals surface area contributed by atoms with Gasteiger partial charge in [-0.3, -0.25) is 0 Å². The quantitative estimate of drug-likeness (QED) is 0.552. The molecule has 1 saturated heterocycles. The summed E-state index contributed by atoms with van der Waals surface area (Å²) in [6.45, 7) is 9.17. The summed E-state index contributed by atoms with van der Waals surface area (Å²) in [4.78, 5) is 17.5. The number of nitrogens with two attached hydrogens (primary N) is 1. The molecular formula is C17H24BKN4O4. The van der Waals surface area contributed by atoms with Crippen molar-refractivity contribution in [3.05, 3.63) is 12.5 Å². The molecule has 27 heavy (non-hydrogen) atoms. The fourth-order valence-electron chi connectivity index (χ4n) is 2.92. The minimum absolute atomic E-state index is 0. The predicted molar refractivity (Wildman–Crippen MR) is 96.6 cm³/mol. The molecule has 0 unspecified atom stereocenters. The van der Waals surface area contributed by atoms with Crippen molar-refractivity contribution in [1.82, 2.24) is 14.5 Å². The second-order valence-electron chi connectivity index (χ2n) is 7.76. The van der Waals surface area contributed by atoms with Crippen LogP contribution in [-0.4, -0.2) is 38.8 Å². The first kappa shape index (κ1) is 22.8. The van der Waals surface area contributed by atoms with Gasteiger partial charge in [0.25, 0.3) is 0 Å². The van der Waals surface area contributed by atoms with Crippen molar-refractivity contribution >= 4 is 35.4 Å². The third-order valence-corrected chi connectivity index (χ3v) is 5.12. The van der Waals surface area contributed by atoms with Crippen molar-refractivity contribution < 1.29 is 70.6 Å². The van der Waals surface area contributed by atoms with Crippen LogP contribution < -0.4 is 67.7 Å². The van der Waals surface area contributed by atoms with E-state index in [2.05, 4.69) is 20.7 Å². The van der Waals surface area contributed by atoms with Crippen LogP contribution in [0.1, 0.15) is 53.5 Å². The van der Waals surface area contributed by atoms with E-state index in [4.69, 9.17) is 24.9 Å². The molecule has 3 heterocycles. The zero-order chi connectivity index (χ0) is 19.3. The molecule has 10 heteroatoms. The predicted octanol–water partition coefficient (Wildman–Crippen LogP) is -2.59. The first-order valence-electron chi connectivity index (χ1n) is 8.67. The van der Waals surface area contributed by atoms with E-state index in [1.165, 1.54) is 19.2 Å². The van der Waals surface area contributed by atoms with E-state index in [1.807, 2.05) is 27.7 Å². The van der Waals surface area contributed by atoms with Crippen LogP contribution in [0.15, 0.2) is 12.5 Å². The molecule has 140 valence electrons. The second-order valence-corrected chi connectivity index (χ2v) is 7.76. The van der Waals surface area contributed by atoms with E-state index < -0.39 is 13.1 Å². The van der Waals surface area contributed by atoms with E-state index in [9.17, 15) is 0 Å². The van der Waals surface area contributed by atoms with Crippen LogP contribution in [-0.2, 0) is 14.1 Å². The molecule has 4 rings (SSSR count). The number of nitrogens with zero attached hydrogens (tertiary/aromatic N) is 3. The number of hydrogen-bond donors (Lipinski definition) is 1. The van der Waals surface area contributed by atoms with E-state index in [0.29, 0.717) is 11.9 Å². The maximum absolute atomic E-state index is 8.89. The topological polar surface area (TPSA) is 115 Å². The van der Waals surface area contributed by atoms with Gasteiger partial charge < -0.3 is 29.5 Å². The molecular weight excluding hydrogens is 374 g/mol. The van der Waals surface area contributed by atoms with Gasteiger partial charge in [-0.25, -0.2) is 9.97 Å². The molecule has 1 aliphatic heterocycles. The number of carboxylic acid groups (broad SMARTS) is 1. The molecule has 2 fully saturated rings. The van der Waals surface area contributed by atoms with Crippen molar-refractivity contribution in [2.45, 2.75) is 64.7 Å². The van der Waals surface area contributed by atoms with Crippen molar-refractivity contribution in [1.29, 1.82) is 0 Å². The Hall–Kier alpha value is -0.489. The van der Waals surface area contributed by atoms with Gasteiger partial charge in [0.15, 0.2) is 0 Å². The van der Waals surface area contributed by atoms with Gasteiger partial charge in [-0.2, -0.15) is 0 Å². The Balaban J connectivity index is 0.000000479. The number of carbonyl (C=O) groups is 1. The van der Waals surface area contributed by atoms with Crippen molar-refractivity contribution in [3.8, 4) is 0 Å². The number of anilines is 1. The maximum atomic E-state index is 8.89. The number of carbonyl (C=O) groups excluding carboxylic acids is 1. The first-order valence-corrected chi connectivity index (χ1v) is 8.67. The molecule has 1 saturated carbocycles. The van der Waals surface area contributed by atoms with Gasteiger partial charge in [0.1, 0.15) is 17.8 Å². The average Bonchev–Trinajstić information content (AvgIpc) is 3.21. The van der Waals surface area contributed by atoms with Gasteiger partial charge in [-0.1, -0.05) is 0 Å². The Kier molecular flexibility index (Phi) is 6.84. The van der Waals surface area contributed by atoms with Crippen LogP contribution in [0, 0.1) is 0 Å². The fraction of sp³-hybridized carbons (Fsp3) is 0.588. The molecule has 0 aromatic carbocycles. The summed E-state index contributed by atoms with van der Waals surface area (Å²) < 4.78 is 14.5.